The van der Waals surface area contributed by atoms with Crippen LogP contribution in [0.25, 0.3) is 0 Å². The second-order valence-electron chi connectivity index (χ2n) is 4.14. The van der Waals surface area contributed by atoms with Crippen molar-refractivity contribution in [3.63, 3.8) is 0 Å². The molecule has 5 heteroatoms. The zero-order chi connectivity index (χ0) is 14.4. The van der Waals surface area contributed by atoms with Crippen LogP contribution in [-0.2, 0) is 4.79 Å². The Labute approximate surface area is 116 Å². The first-order chi connectivity index (χ1) is 9.66. The van der Waals surface area contributed by atoms with Crippen LogP contribution >= 0.6 is 0 Å². The number of hydrogen-bond donors (Lipinski definition) is 3. The zero-order valence-electron chi connectivity index (χ0n) is 10.6. The first kappa shape index (κ1) is 13.8. The number of hydrogen-bond acceptors (Lipinski definition) is 4. The number of aliphatic hydroxyl groups excluding tert-OH is 1. The molecule has 0 aliphatic rings. The van der Waals surface area contributed by atoms with Gasteiger partial charge in [0, 0.05) is 0 Å². The van der Waals surface area contributed by atoms with E-state index in [1.54, 1.807) is 42.5 Å². The van der Waals surface area contributed by atoms with E-state index < -0.39 is 12.0 Å². The van der Waals surface area contributed by atoms with Crippen molar-refractivity contribution in [2.45, 2.75) is 6.10 Å². The van der Waals surface area contributed by atoms with Gasteiger partial charge in [-0.15, -0.1) is 0 Å². The predicted octanol–water partition coefficient (Wildman–Crippen LogP) is 1.58. The van der Waals surface area contributed by atoms with Crippen LogP contribution in [0.2, 0.25) is 0 Å². The number of benzene rings is 2. The Hall–Kier alpha value is -2.66. The van der Waals surface area contributed by atoms with Crippen LogP contribution in [0.3, 0.4) is 0 Å². The summed E-state index contributed by atoms with van der Waals surface area (Å²) in [6.07, 6.45) is 0.169. The number of hydrazone groups is 1. The Bertz CT molecular complexity index is 594. The van der Waals surface area contributed by atoms with Gasteiger partial charge in [-0.05, 0) is 35.4 Å². The lowest BCUT2D eigenvalue weighted by atomic mass is 10.1. The van der Waals surface area contributed by atoms with Crippen molar-refractivity contribution >= 4 is 12.1 Å². The molecule has 0 saturated carbocycles. The fourth-order valence-corrected chi connectivity index (χ4v) is 1.58. The standard InChI is InChI=1S/C15H14N2O3/c18-13-8-6-11(7-9-13)10-16-17-15(20)14(19)12-4-2-1-3-5-12/h1-10,14,18-19H,(H,17,20)/b16-10-/t14-/m0/s1. The molecule has 0 aliphatic heterocycles. The molecule has 0 unspecified atom stereocenters. The zero-order valence-corrected chi connectivity index (χ0v) is 10.6. The Balaban J connectivity index is 1.93. The first-order valence-electron chi connectivity index (χ1n) is 6.02. The number of aromatic hydroxyl groups is 1. The monoisotopic (exact) mass is 270 g/mol. The third-order valence-electron chi connectivity index (χ3n) is 2.65. The number of phenolic OH excluding ortho intramolecular Hbond substituents is 1. The van der Waals surface area contributed by atoms with E-state index in [0.717, 1.165) is 5.56 Å². The molecule has 1 amide bonds. The normalized spacial score (nSPS) is 12.2. The highest BCUT2D eigenvalue weighted by molar-refractivity contribution is 5.85. The van der Waals surface area contributed by atoms with E-state index >= 15 is 0 Å². The smallest absolute Gasteiger partial charge is 0.273 e. The molecule has 0 radical (unpaired) electrons. The van der Waals surface area contributed by atoms with Gasteiger partial charge in [-0.3, -0.25) is 4.79 Å². The second kappa shape index (κ2) is 6.49. The predicted molar refractivity (Wildman–Crippen MR) is 75.2 cm³/mol. The van der Waals surface area contributed by atoms with Gasteiger partial charge >= 0.3 is 0 Å². The quantitative estimate of drug-likeness (QED) is 0.582. The molecule has 2 aromatic rings. The summed E-state index contributed by atoms with van der Waals surface area (Å²) in [6, 6.07) is 14.9. The third-order valence-corrected chi connectivity index (χ3v) is 2.65. The van der Waals surface area contributed by atoms with Gasteiger partial charge in [0.05, 0.1) is 6.21 Å². The Kier molecular flexibility index (Phi) is 4.47. The lowest BCUT2D eigenvalue weighted by Gasteiger charge is -2.08. The van der Waals surface area contributed by atoms with Crippen molar-refractivity contribution in [3.05, 3.63) is 65.7 Å². The van der Waals surface area contributed by atoms with Crippen LogP contribution in [0, 0.1) is 0 Å². The van der Waals surface area contributed by atoms with Gasteiger partial charge in [-0.1, -0.05) is 30.3 Å². The molecule has 0 aliphatic carbocycles. The molecule has 0 saturated heterocycles. The average molecular weight is 270 g/mol. The molecule has 2 aromatic carbocycles. The third kappa shape index (κ3) is 3.66. The minimum absolute atomic E-state index is 0.158. The van der Waals surface area contributed by atoms with E-state index in [9.17, 15) is 9.90 Å². The highest BCUT2D eigenvalue weighted by Crippen LogP contribution is 2.11. The highest BCUT2D eigenvalue weighted by Gasteiger charge is 2.15. The second-order valence-corrected chi connectivity index (χ2v) is 4.14. The van der Waals surface area contributed by atoms with Gasteiger partial charge in [0.15, 0.2) is 6.10 Å². The number of rotatable bonds is 4. The molecule has 3 N–H and O–H groups in total. The maximum atomic E-state index is 11.7. The molecule has 1 atom stereocenters. The minimum atomic E-state index is -1.26. The number of nitrogens with zero attached hydrogens (tertiary/aromatic N) is 1. The SMILES string of the molecule is O=C(N/N=C\c1ccc(O)cc1)[C@@H](O)c1ccccc1. The Morgan fingerprint density at radius 1 is 1.10 bits per heavy atom. The van der Waals surface area contributed by atoms with Crippen molar-refractivity contribution in [2.24, 2.45) is 5.10 Å². The van der Waals surface area contributed by atoms with Gasteiger partial charge in [-0.25, -0.2) is 5.43 Å². The molecule has 20 heavy (non-hydrogen) atoms. The number of amides is 1. The van der Waals surface area contributed by atoms with Crippen LogP contribution in [0.4, 0.5) is 0 Å². The Morgan fingerprint density at radius 2 is 1.75 bits per heavy atom. The largest absolute Gasteiger partial charge is 0.508 e. The summed E-state index contributed by atoms with van der Waals surface area (Å²) in [6.45, 7) is 0. The topological polar surface area (TPSA) is 81.9 Å². The van der Waals surface area contributed by atoms with Crippen molar-refractivity contribution in [1.82, 2.24) is 5.43 Å². The van der Waals surface area contributed by atoms with Crippen LogP contribution in [0.5, 0.6) is 5.75 Å². The molecule has 0 bridgehead atoms. The number of carbonyl (C=O) groups excluding carboxylic acids is 1. The van der Waals surface area contributed by atoms with Gasteiger partial charge in [0.2, 0.25) is 0 Å². The molecule has 0 fully saturated rings. The average Bonchev–Trinajstić information content (AvgIpc) is 2.49. The van der Waals surface area contributed by atoms with Gasteiger partial charge in [0.25, 0.3) is 5.91 Å². The van der Waals surface area contributed by atoms with Gasteiger partial charge in [0.1, 0.15) is 5.75 Å². The first-order valence-corrected chi connectivity index (χ1v) is 6.02. The summed E-state index contributed by atoms with van der Waals surface area (Å²) in [7, 11) is 0. The van der Waals surface area contributed by atoms with Crippen LogP contribution < -0.4 is 5.43 Å². The van der Waals surface area contributed by atoms with Gasteiger partial charge < -0.3 is 10.2 Å². The summed E-state index contributed by atoms with van der Waals surface area (Å²) in [5, 5.41) is 22.7. The van der Waals surface area contributed by atoms with Gasteiger partial charge in [-0.2, -0.15) is 5.10 Å². The lowest BCUT2D eigenvalue weighted by molar-refractivity contribution is -0.129. The summed E-state index contributed by atoms with van der Waals surface area (Å²) in [4.78, 5) is 11.7. The molecule has 0 heterocycles. The van der Waals surface area contributed by atoms with E-state index in [1.807, 2.05) is 0 Å². The van der Waals surface area contributed by atoms with Crippen molar-refractivity contribution in [3.8, 4) is 5.75 Å². The molecular weight excluding hydrogens is 256 g/mol. The Morgan fingerprint density at radius 3 is 2.40 bits per heavy atom. The van der Waals surface area contributed by atoms with E-state index in [4.69, 9.17) is 5.11 Å². The molecule has 5 nitrogen and oxygen atoms in total. The number of nitrogens with one attached hydrogen (secondary N) is 1. The van der Waals surface area contributed by atoms with E-state index in [1.165, 1.54) is 18.3 Å². The van der Waals surface area contributed by atoms with Crippen molar-refractivity contribution in [1.29, 1.82) is 0 Å². The van der Waals surface area contributed by atoms with Crippen molar-refractivity contribution in [2.75, 3.05) is 0 Å². The molecular formula is C15H14N2O3. The number of aliphatic hydroxyl groups is 1. The fourth-order valence-electron chi connectivity index (χ4n) is 1.58. The summed E-state index contributed by atoms with van der Waals surface area (Å²) in [5.74, 6) is -0.447. The van der Waals surface area contributed by atoms with E-state index in [-0.39, 0.29) is 5.75 Å². The maximum Gasteiger partial charge on any atom is 0.273 e. The highest BCUT2D eigenvalue weighted by atomic mass is 16.3. The maximum absolute atomic E-state index is 11.7. The fraction of sp³-hybridized carbons (Fsp3) is 0.0667. The minimum Gasteiger partial charge on any atom is -0.508 e. The number of carbonyl (C=O) groups is 1. The summed E-state index contributed by atoms with van der Waals surface area (Å²) < 4.78 is 0. The molecule has 2 rings (SSSR count). The van der Waals surface area contributed by atoms with Crippen LogP contribution in [-0.4, -0.2) is 22.3 Å². The molecule has 0 spiro atoms. The summed E-state index contributed by atoms with van der Waals surface area (Å²) in [5.41, 5.74) is 3.49. The molecule has 0 aromatic heterocycles. The van der Waals surface area contributed by atoms with Crippen molar-refractivity contribution < 1.29 is 15.0 Å². The number of phenols is 1. The summed E-state index contributed by atoms with van der Waals surface area (Å²) >= 11 is 0. The molecule has 102 valence electrons. The van der Waals surface area contributed by atoms with Crippen LogP contribution in [0.15, 0.2) is 59.7 Å². The van der Waals surface area contributed by atoms with E-state index in [2.05, 4.69) is 10.5 Å². The van der Waals surface area contributed by atoms with Crippen LogP contribution in [0.1, 0.15) is 17.2 Å². The lowest BCUT2D eigenvalue weighted by Crippen LogP contribution is -2.25. The van der Waals surface area contributed by atoms with E-state index in [0.29, 0.717) is 5.56 Å².